The van der Waals surface area contributed by atoms with Crippen molar-refractivity contribution in [3.8, 4) is 0 Å². The van der Waals surface area contributed by atoms with Crippen LogP contribution in [0.3, 0.4) is 0 Å². The standard InChI is InChI=1S/C13H22N2O8/c1-13(2,3)23-12(22)15-8(6-16)10(19)14-7(11(20)21)4-5-9(17)18/h7-8,16H,4-6H2,1-3H3,(H,14,19)(H,15,22)(H,17,18)(H,20,21)/t7-,8-/m1/s1. The molecule has 10 heteroatoms. The molecule has 0 aromatic rings. The molecule has 5 N–H and O–H groups in total. The molecule has 0 aliphatic heterocycles. The summed E-state index contributed by atoms with van der Waals surface area (Å²) in [6.45, 7) is 4.03. The van der Waals surface area contributed by atoms with Crippen molar-refractivity contribution in [2.24, 2.45) is 0 Å². The molecule has 0 radical (unpaired) electrons. The van der Waals surface area contributed by atoms with Crippen LogP contribution < -0.4 is 10.6 Å². The largest absolute Gasteiger partial charge is 0.481 e. The number of rotatable bonds is 8. The van der Waals surface area contributed by atoms with Gasteiger partial charge in [0.25, 0.3) is 0 Å². The van der Waals surface area contributed by atoms with Gasteiger partial charge in [0.2, 0.25) is 5.91 Å². The molecule has 0 saturated carbocycles. The first-order valence-corrected chi connectivity index (χ1v) is 6.81. The Morgan fingerprint density at radius 2 is 1.61 bits per heavy atom. The summed E-state index contributed by atoms with van der Waals surface area (Å²) < 4.78 is 4.92. The van der Waals surface area contributed by atoms with Crippen molar-refractivity contribution in [3.05, 3.63) is 0 Å². The van der Waals surface area contributed by atoms with Crippen LogP contribution in [0.25, 0.3) is 0 Å². The predicted molar refractivity (Wildman–Crippen MR) is 76.7 cm³/mol. The molecule has 132 valence electrons. The lowest BCUT2D eigenvalue weighted by molar-refractivity contribution is -0.143. The smallest absolute Gasteiger partial charge is 0.408 e. The van der Waals surface area contributed by atoms with Crippen molar-refractivity contribution in [3.63, 3.8) is 0 Å². The molecule has 0 aromatic carbocycles. The van der Waals surface area contributed by atoms with Gasteiger partial charge in [-0.2, -0.15) is 0 Å². The highest BCUT2D eigenvalue weighted by Gasteiger charge is 2.28. The average Bonchev–Trinajstić information content (AvgIpc) is 2.37. The minimum absolute atomic E-state index is 0.332. The number of alkyl carbamates (subject to hydrolysis) is 1. The molecule has 0 unspecified atom stereocenters. The lowest BCUT2D eigenvalue weighted by Gasteiger charge is -2.23. The van der Waals surface area contributed by atoms with Crippen LogP contribution in [0, 0.1) is 0 Å². The van der Waals surface area contributed by atoms with Crippen LogP contribution in [0.15, 0.2) is 0 Å². The van der Waals surface area contributed by atoms with Crippen LogP contribution in [-0.2, 0) is 19.1 Å². The van der Waals surface area contributed by atoms with Crippen molar-refractivity contribution >= 4 is 23.9 Å². The first-order valence-electron chi connectivity index (χ1n) is 6.81. The fraction of sp³-hybridized carbons (Fsp3) is 0.692. The van der Waals surface area contributed by atoms with Gasteiger partial charge in [-0.05, 0) is 27.2 Å². The van der Waals surface area contributed by atoms with E-state index in [0.29, 0.717) is 0 Å². The quantitative estimate of drug-likeness (QED) is 0.389. The van der Waals surface area contributed by atoms with Gasteiger partial charge in [-0.25, -0.2) is 9.59 Å². The molecule has 0 saturated heterocycles. The van der Waals surface area contributed by atoms with E-state index in [0.717, 1.165) is 0 Å². The van der Waals surface area contributed by atoms with Gasteiger partial charge in [-0.1, -0.05) is 0 Å². The monoisotopic (exact) mass is 334 g/mol. The van der Waals surface area contributed by atoms with E-state index in [4.69, 9.17) is 20.1 Å². The fourth-order valence-electron chi connectivity index (χ4n) is 1.44. The van der Waals surface area contributed by atoms with Gasteiger partial charge >= 0.3 is 18.0 Å². The number of aliphatic hydroxyl groups is 1. The van der Waals surface area contributed by atoms with E-state index in [9.17, 15) is 19.2 Å². The first kappa shape index (κ1) is 20.6. The maximum Gasteiger partial charge on any atom is 0.408 e. The van der Waals surface area contributed by atoms with Crippen LogP contribution in [-0.4, -0.2) is 63.6 Å². The van der Waals surface area contributed by atoms with Crippen LogP contribution in [0.2, 0.25) is 0 Å². The number of hydrogen-bond donors (Lipinski definition) is 5. The highest BCUT2D eigenvalue weighted by atomic mass is 16.6. The van der Waals surface area contributed by atoms with Crippen LogP contribution >= 0.6 is 0 Å². The Labute approximate surface area is 132 Å². The van der Waals surface area contributed by atoms with Crippen molar-refractivity contribution in [2.45, 2.75) is 51.3 Å². The van der Waals surface area contributed by atoms with Gasteiger partial charge in [0.1, 0.15) is 17.7 Å². The topological polar surface area (TPSA) is 162 Å². The number of carboxylic acids is 2. The van der Waals surface area contributed by atoms with Crippen molar-refractivity contribution in [1.82, 2.24) is 10.6 Å². The molecule has 0 fully saturated rings. The zero-order valence-electron chi connectivity index (χ0n) is 13.2. The van der Waals surface area contributed by atoms with Gasteiger partial charge in [-0.15, -0.1) is 0 Å². The second kappa shape index (κ2) is 8.93. The third-order valence-electron chi connectivity index (χ3n) is 2.45. The second-order valence-electron chi connectivity index (χ2n) is 5.71. The molecule has 23 heavy (non-hydrogen) atoms. The van der Waals surface area contributed by atoms with E-state index >= 15 is 0 Å². The number of amides is 2. The number of hydrogen-bond acceptors (Lipinski definition) is 6. The highest BCUT2D eigenvalue weighted by Crippen LogP contribution is 2.07. The Kier molecular flexibility index (Phi) is 8.02. The molecule has 0 bridgehead atoms. The molecule has 0 heterocycles. The lowest BCUT2D eigenvalue weighted by atomic mass is 10.1. The molecule has 0 aliphatic carbocycles. The molecule has 0 spiro atoms. The maximum absolute atomic E-state index is 11.9. The van der Waals surface area contributed by atoms with Gasteiger partial charge < -0.3 is 30.7 Å². The average molecular weight is 334 g/mol. The number of aliphatic hydroxyl groups excluding tert-OH is 1. The maximum atomic E-state index is 11.9. The summed E-state index contributed by atoms with van der Waals surface area (Å²) in [4.78, 5) is 44.9. The number of carboxylic acid groups (broad SMARTS) is 2. The molecular formula is C13H22N2O8. The number of aliphatic carboxylic acids is 2. The van der Waals surface area contributed by atoms with Crippen LogP contribution in [0.1, 0.15) is 33.6 Å². The predicted octanol–water partition coefficient (Wildman–Crippen LogP) is -0.694. The summed E-state index contributed by atoms with van der Waals surface area (Å²) in [7, 11) is 0. The van der Waals surface area contributed by atoms with E-state index in [-0.39, 0.29) is 6.42 Å². The van der Waals surface area contributed by atoms with Crippen LogP contribution in [0.4, 0.5) is 4.79 Å². The van der Waals surface area contributed by atoms with E-state index in [1.807, 2.05) is 0 Å². The number of carbonyl (C=O) groups is 4. The van der Waals surface area contributed by atoms with Gasteiger partial charge in [0.15, 0.2) is 0 Å². The van der Waals surface area contributed by atoms with Crippen molar-refractivity contribution in [1.29, 1.82) is 0 Å². The molecular weight excluding hydrogens is 312 g/mol. The second-order valence-corrected chi connectivity index (χ2v) is 5.71. The Morgan fingerprint density at radius 1 is 1.04 bits per heavy atom. The Bertz CT molecular complexity index is 457. The SMILES string of the molecule is CC(C)(C)OC(=O)N[C@H](CO)C(=O)N[C@H](CCC(=O)O)C(=O)O. The summed E-state index contributed by atoms with van der Waals surface area (Å²) in [5.74, 6) is -3.60. The summed E-state index contributed by atoms with van der Waals surface area (Å²) in [6.07, 6.45) is -1.74. The number of ether oxygens (including phenoxy) is 1. The molecule has 0 rings (SSSR count). The Morgan fingerprint density at radius 3 is 2.00 bits per heavy atom. The van der Waals surface area contributed by atoms with Gasteiger partial charge in [0, 0.05) is 6.42 Å². The first-order chi connectivity index (χ1) is 10.5. The summed E-state index contributed by atoms with van der Waals surface area (Å²) >= 11 is 0. The summed E-state index contributed by atoms with van der Waals surface area (Å²) in [5, 5.41) is 30.8. The Hall–Kier alpha value is -2.36. The molecule has 2 atom stereocenters. The van der Waals surface area contributed by atoms with E-state index in [1.165, 1.54) is 0 Å². The molecule has 10 nitrogen and oxygen atoms in total. The zero-order valence-corrected chi connectivity index (χ0v) is 13.2. The minimum Gasteiger partial charge on any atom is -0.481 e. The molecule has 2 amide bonds. The van der Waals surface area contributed by atoms with Crippen molar-refractivity contribution in [2.75, 3.05) is 6.61 Å². The van der Waals surface area contributed by atoms with Crippen molar-refractivity contribution < 1.29 is 39.2 Å². The highest BCUT2D eigenvalue weighted by molar-refractivity contribution is 5.89. The van der Waals surface area contributed by atoms with E-state index < -0.39 is 54.7 Å². The van der Waals surface area contributed by atoms with Gasteiger partial charge in [0.05, 0.1) is 6.61 Å². The normalized spacial score (nSPS) is 13.6. The molecule has 0 aliphatic rings. The number of nitrogens with one attached hydrogen (secondary N) is 2. The van der Waals surface area contributed by atoms with Gasteiger partial charge in [-0.3, -0.25) is 9.59 Å². The fourth-order valence-corrected chi connectivity index (χ4v) is 1.44. The third kappa shape index (κ3) is 9.30. The van der Waals surface area contributed by atoms with E-state index in [1.54, 1.807) is 20.8 Å². The summed E-state index contributed by atoms with van der Waals surface area (Å²) in [6, 6.07) is -2.87. The van der Waals surface area contributed by atoms with E-state index in [2.05, 4.69) is 10.6 Å². The minimum atomic E-state index is -1.45. The Balaban J connectivity index is 4.70. The van der Waals surface area contributed by atoms with Crippen LogP contribution in [0.5, 0.6) is 0 Å². The summed E-state index contributed by atoms with van der Waals surface area (Å²) in [5.41, 5.74) is -0.814. The number of carbonyl (C=O) groups excluding carboxylic acids is 2. The third-order valence-corrected chi connectivity index (χ3v) is 2.45. The lowest BCUT2D eigenvalue weighted by Crippen LogP contribution is -2.53. The zero-order chi connectivity index (χ0) is 18.2. The molecule has 0 aromatic heterocycles.